The summed E-state index contributed by atoms with van der Waals surface area (Å²) in [7, 11) is 0. The Balaban J connectivity index is 2.21. The van der Waals surface area contributed by atoms with Gasteiger partial charge in [0.1, 0.15) is 11.9 Å². The van der Waals surface area contributed by atoms with Crippen molar-refractivity contribution in [3.63, 3.8) is 0 Å². The fourth-order valence-corrected chi connectivity index (χ4v) is 4.67. The molecule has 2 aromatic rings. The summed E-state index contributed by atoms with van der Waals surface area (Å²) in [6.45, 7) is 9.71. The van der Waals surface area contributed by atoms with E-state index in [0.29, 0.717) is 28.1 Å². The summed E-state index contributed by atoms with van der Waals surface area (Å²) in [4.78, 5) is 15.8. The zero-order chi connectivity index (χ0) is 22.6. The number of ether oxygens (including phenoxy) is 1. The van der Waals surface area contributed by atoms with Crippen molar-refractivity contribution in [3.8, 4) is 0 Å². The van der Waals surface area contributed by atoms with Crippen molar-refractivity contribution in [1.29, 1.82) is 0 Å². The molecule has 0 spiro atoms. The predicted octanol–water partition coefficient (Wildman–Crippen LogP) is 6.07. The van der Waals surface area contributed by atoms with Crippen LogP contribution < -0.4 is 5.43 Å². The third-order valence-electron chi connectivity index (χ3n) is 6.43. The van der Waals surface area contributed by atoms with E-state index in [4.69, 9.17) is 4.74 Å². The van der Waals surface area contributed by atoms with E-state index in [9.17, 15) is 22.4 Å². The number of rotatable bonds is 3. The third kappa shape index (κ3) is 3.57. The molecule has 0 unspecified atom stereocenters. The average Bonchev–Trinajstić information content (AvgIpc) is 2.87. The molecule has 1 aromatic heterocycles. The Morgan fingerprint density at radius 3 is 2.30 bits per heavy atom. The summed E-state index contributed by atoms with van der Waals surface area (Å²) in [5.41, 5.74) is -0.0157. The molecule has 3 nitrogen and oxygen atoms in total. The summed E-state index contributed by atoms with van der Waals surface area (Å²) in [6.07, 6.45) is -5.64. The summed E-state index contributed by atoms with van der Waals surface area (Å²) in [5, 5.41) is 0. The van der Waals surface area contributed by atoms with Crippen molar-refractivity contribution < 1.29 is 22.3 Å². The van der Waals surface area contributed by atoms with Crippen LogP contribution in [0.5, 0.6) is 0 Å². The number of pyridine rings is 1. The van der Waals surface area contributed by atoms with E-state index < -0.39 is 35.5 Å². The molecule has 0 radical (unpaired) electrons. The molecule has 30 heavy (non-hydrogen) atoms. The van der Waals surface area contributed by atoms with E-state index in [0.717, 1.165) is 6.92 Å². The highest BCUT2D eigenvalue weighted by Crippen LogP contribution is 2.58. The monoisotopic (exact) mass is 425 g/mol. The highest BCUT2D eigenvalue weighted by atomic mass is 19.4. The van der Waals surface area contributed by atoms with Crippen LogP contribution in [0.25, 0.3) is 0 Å². The summed E-state index contributed by atoms with van der Waals surface area (Å²) in [6, 6.07) is 5.40. The second-order valence-corrected chi connectivity index (χ2v) is 8.74. The van der Waals surface area contributed by atoms with E-state index in [2.05, 4.69) is 4.98 Å². The molecule has 3 rings (SSSR count). The van der Waals surface area contributed by atoms with Crippen molar-refractivity contribution in [2.75, 3.05) is 0 Å². The topological polar surface area (TPSA) is 42.1 Å². The van der Waals surface area contributed by atoms with Crippen LogP contribution in [-0.4, -0.2) is 16.8 Å². The number of H-pyrrole nitrogens is 1. The highest BCUT2D eigenvalue weighted by Gasteiger charge is 2.64. The van der Waals surface area contributed by atoms with Gasteiger partial charge in [-0.2, -0.15) is 13.2 Å². The molecule has 1 aliphatic rings. The summed E-state index contributed by atoms with van der Waals surface area (Å²) < 4.78 is 61.4. The largest absolute Gasteiger partial charge is 0.417 e. The van der Waals surface area contributed by atoms with Gasteiger partial charge in [0.2, 0.25) is 0 Å². The molecule has 0 saturated carbocycles. The van der Waals surface area contributed by atoms with Crippen molar-refractivity contribution in [1.82, 2.24) is 4.98 Å². The van der Waals surface area contributed by atoms with E-state index >= 15 is 0 Å². The minimum atomic E-state index is -4.61. The van der Waals surface area contributed by atoms with Crippen molar-refractivity contribution in [2.24, 2.45) is 5.92 Å². The van der Waals surface area contributed by atoms with Gasteiger partial charge in [0.05, 0.1) is 0 Å². The normalized spacial score (nSPS) is 27.1. The first-order chi connectivity index (χ1) is 13.8. The summed E-state index contributed by atoms with van der Waals surface area (Å²) >= 11 is 0. The lowest BCUT2D eigenvalue weighted by atomic mass is 9.75. The fourth-order valence-electron chi connectivity index (χ4n) is 4.67. The molecule has 7 heteroatoms. The summed E-state index contributed by atoms with van der Waals surface area (Å²) in [5.74, 6) is -2.15. The second kappa shape index (κ2) is 7.52. The van der Waals surface area contributed by atoms with Crippen LogP contribution in [-0.2, 0) is 4.74 Å². The van der Waals surface area contributed by atoms with Crippen LogP contribution in [0.15, 0.2) is 29.1 Å². The number of hydrogen-bond donors (Lipinski definition) is 1. The maximum atomic E-state index is 14.0. The number of aryl methyl sites for hydroxylation is 2. The number of halogens is 4. The van der Waals surface area contributed by atoms with Gasteiger partial charge in [-0.1, -0.05) is 26.8 Å². The molecule has 4 atom stereocenters. The zero-order valence-electron chi connectivity index (χ0n) is 17.9. The second-order valence-electron chi connectivity index (χ2n) is 8.74. The average molecular weight is 425 g/mol. The van der Waals surface area contributed by atoms with Gasteiger partial charge in [-0.05, 0) is 49.9 Å². The molecule has 1 aliphatic heterocycles. The Morgan fingerprint density at radius 1 is 1.17 bits per heavy atom. The van der Waals surface area contributed by atoms with Crippen LogP contribution in [0.2, 0.25) is 0 Å². The number of nitrogens with one attached hydrogen (secondary N) is 1. The number of hydrogen-bond acceptors (Lipinski definition) is 2. The van der Waals surface area contributed by atoms with Crippen LogP contribution >= 0.6 is 0 Å². The van der Waals surface area contributed by atoms with E-state index in [1.54, 1.807) is 13.8 Å². The van der Waals surface area contributed by atoms with Gasteiger partial charge in [-0.3, -0.25) is 4.79 Å². The molecule has 164 valence electrons. The molecule has 0 aliphatic carbocycles. The molecular weight excluding hydrogens is 398 g/mol. The molecule has 1 aromatic carbocycles. The van der Waals surface area contributed by atoms with Crippen LogP contribution in [0.1, 0.15) is 73.7 Å². The Labute approximate surface area is 173 Å². The van der Waals surface area contributed by atoms with Crippen LogP contribution in [0, 0.1) is 25.6 Å². The SMILES string of the molecule is Cc1cc(F)ccc1[C@H]1[C@H](c2cc(=O)c(C(C)C)c(C)[nH]2)O[C@@](C)(C(F)(F)F)[C@H]1C. The fraction of sp³-hybridized carbons (Fsp3) is 0.522. The molecule has 1 saturated heterocycles. The van der Waals surface area contributed by atoms with Gasteiger partial charge in [-0.15, -0.1) is 0 Å². The first kappa shape index (κ1) is 22.5. The van der Waals surface area contributed by atoms with Gasteiger partial charge < -0.3 is 9.72 Å². The number of alkyl halides is 3. The van der Waals surface area contributed by atoms with Gasteiger partial charge >= 0.3 is 6.18 Å². The number of aromatic nitrogens is 1. The molecule has 0 amide bonds. The minimum Gasteiger partial charge on any atom is -0.360 e. The van der Waals surface area contributed by atoms with Gasteiger partial charge in [0.25, 0.3) is 0 Å². The van der Waals surface area contributed by atoms with Gasteiger partial charge in [-0.25, -0.2) is 4.39 Å². The minimum absolute atomic E-state index is 0.0261. The lowest BCUT2D eigenvalue weighted by Gasteiger charge is -2.32. The molecule has 2 heterocycles. The van der Waals surface area contributed by atoms with Crippen molar-refractivity contribution >= 4 is 0 Å². The first-order valence-electron chi connectivity index (χ1n) is 10.0. The Kier molecular flexibility index (Phi) is 5.65. The molecule has 1 N–H and O–H groups in total. The zero-order valence-corrected chi connectivity index (χ0v) is 17.9. The van der Waals surface area contributed by atoms with Crippen LogP contribution in [0.3, 0.4) is 0 Å². The standard InChI is InChI=1S/C23H27F4NO2/c1-11(2)19-14(5)28-17(10-18(19)29)21-20(16-8-7-15(24)9-12(16)3)13(4)22(6,30-21)23(25,26)27/h7-11,13,20-21H,1-6H3,(H,28,29)/t13-,20-,21-,22+/m0/s1. The molecule has 1 fully saturated rings. The predicted molar refractivity (Wildman–Crippen MR) is 107 cm³/mol. The lowest BCUT2D eigenvalue weighted by Crippen LogP contribution is -2.46. The van der Waals surface area contributed by atoms with E-state index in [-0.39, 0.29) is 11.3 Å². The van der Waals surface area contributed by atoms with E-state index in [1.165, 1.54) is 31.2 Å². The van der Waals surface area contributed by atoms with Crippen molar-refractivity contribution in [3.05, 3.63) is 68.4 Å². The maximum Gasteiger partial charge on any atom is 0.417 e. The quantitative estimate of drug-likeness (QED) is 0.607. The Hall–Kier alpha value is -2.15. The third-order valence-corrected chi connectivity index (χ3v) is 6.43. The highest BCUT2D eigenvalue weighted by molar-refractivity contribution is 5.36. The molecule has 0 bridgehead atoms. The van der Waals surface area contributed by atoms with Gasteiger partial charge in [0.15, 0.2) is 11.0 Å². The maximum absolute atomic E-state index is 14.0. The van der Waals surface area contributed by atoms with Crippen LogP contribution in [0.4, 0.5) is 17.6 Å². The number of aromatic amines is 1. The first-order valence-corrected chi connectivity index (χ1v) is 10.0. The van der Waals surface area contributed by atoms with Crippen molar-refractivity contribution in [2.45, 2.75) is 71.3 Å². The van der Waals surface area contributed by atoms with E-state index in [1.807, 2.05) is 13.8 Å². The Morgan fingerprint density at radius 2 is 1.80 bits per heavy atom. The Bertz CT molecular complexity index is 1010. The number of benzene rings is 1. The smallest absolute Gasteiger partial charge is 0.360 e. The lowest BCUT2D eigenvalue weighted by molar-refractivity contribution is -0.275. The molecular formula is C23H27F4NO2. The van der Waals surface area contributed by atoms with Gasteiger partial charge in [0, 0.05) is 34.9 Å².